The van der Waals surface area contributed by atoms with Gasteiger partial charge in [0.1, 0.15) is 11.4 Å². The van der Waals surface area contributed by atoms with Crippen LogP contribution in [0.3, 0.4) is 0 Å². The summed E-state index contributed by atoms with van der Waals surface area (Å²) >= 11 is 0. The Kier molecular flexibility index (Phi) is 2.98. The van der Waals surface area contributed by atoms with Gasteiger partial charge >= 0.3 is 0 Å². The minimum atomic E-state index is -0.437. The lowest BCUT2D eigenvalue weighted by molar-refractivity contribution is -0.0426. The van der Waals surface area contributed by atoms with Crippen molar-refractivity contribution in [2.45, 2.75) is 36.7 Å². The van der Waals surface area contributed by atoms with Gasteiger partial charge in [-0.1, -0.05) is 11.2 Å². The fourth-order valence-electron chi connectivity index (χ4n) is 4.21. The first kappa shape index (κ1) is 14.8. The maximum Gasteiger partial charge on any atom is 0.146 e. The van der Waals surface area contributed by atoms with Crippen LogP contribution in [0.1, 0.15) is 36.3 Å². The number of hydrogen-bond donors (Lipinski definition) is 0. The summed E-state index contributed by atoms with van der Waals surface area (Å²) in [5.41, 5.74) is 3.69. The van der Waals surface area contributed by atoms with Gasteiger partial charge in [-0.2, -0.15) is 5.10 Å². The lowest BCUT2D eigenvalue weighted by Crippen LogP contribution is -2.40. The molecule has 0 bridgehead atoms. The van der Waals surface area contributed by atoms with Gasteiger partial charge in [0, 0.05) is 43.3 Å². The summed E-state index contributed by atoms with van der Waals surface area (Å²) in [4.78, 5) is 4.94. The maximum atomic E-state index is 6.11. The quantitative estimate of drug-likeness (QED) is 0.735. The average molecular weight is 336 g/mol. The number of methoxy groups -OCH3 is 1. The predicted octanol–water partition coefficient (Wildman–Crippen LogP) is 2.99. The average Bonchev–Trinajstić information content (AvgIpc) is 3.04. The largest absolute Gasteiger partial charge is 0.372 e. The highest BCUT2D eigenvalue weighted by atomic mass is 16.5. The Bertz CT molecular complexity index is 940. The molecule has 1 spiro atoms. The van der Waals surface area contributed by atoms with E-state index in [1.165, 1.54) is 0 Å². The second-order valence-corrected chi connectivity index (χ2v) is 7.32. The molecule has 128 valence electrons. The van der Waals surface area contributed by atoms with Gasteiger partial charge in [-0.15, -0.1) is 0 Å². The highest BCUT2D eigenvalue weighted by Crippen LogP contribution is 2.60. The van der Waals surface area contributed by atoms with Gasteiger partial charge in [-0.05, 0) is 31.4 Å². The van der Waals surface area contributed by atoms with Crippen LogP contribution in [0.5, 0.6) is 0 Å². The van der Waals surface area contributed by atoms with Crippen LogP contribution in [0.25, 0.3) is 11.3 Å². The van der Waals surface area contributed by atoms with Gasteiger partial charge in [0.25, 0.3) is 0 Å². The van der Waals surface area contributed by atoms with E-state index in [0.717, 1.165) is 54.0 Å². The van der Waals surface area contributed by atoms with E-state index in [9.17, 15) is 0 Å². The SMILES string of the molecule is COC1(c2cccc(-c3cnn(C)c3)n2)Cc2cnoc2C2(CC2)C1. The summed E-state index contributed by atoms with van der Waals surface area (Å²) in [7, 11) is 3.70. The van der Waals surface area contributed by atoms with E-state index in [4.69, 9.17) is 14.2 Å². The van der Waals surface area contributed by atoms with Gasteiger partial charge in [-0.25, -0.2) is 4.98 Å². The zero-order valence-electron chi connectivity index (χ0n) is 14.4. The zero-order valence-corrected chi connectivity index (χ0v) is 14.4. The molecule has 5 rings (SSSR count). The topological polar surface area (TPSA) is 66.0 Å². The van der Waals surface area contributed by atoms with E-state index < -0.39 is 5.60 Å². The van der Waals surface area contributed by atoms with Crippen molar-refractivity contribution in [1.29, 1.82) is 0 Å². The molecule has 2 aliphatic rings. The van der Waals surface area contributed by atoms with Crippen LogP contribution < -0.4 is 0 Å². The Morgan fingerprint density at radius 1 is 1.24 bits per heavy atom. The van der Waals surface area contributed by atoms with Crippen LogP contribution in [-0.2, 0) is 29.2 Å². The lowest BCUT2D eigenvalue weighted by Gasteiger charge is -2.38. The van der Waals surface area contributed by atoms with Crippen molar-refractivity contribution in [3.8, 4) is 11.3 Å². The summed E-state index contributed by atoms with van der Waals surface area (Å²) in [6, 6.07) is 6.14. The Hall–Kier alpha value is -2.47. The summed E-state index contributed by atoms with van der Waals surface area (Å²) in [5, 5.41) is 8.29. The van der Waals surface area contributed by atoms with Crippen molar-refractivity contribution >= 4 is 0 Å². The molecule has 0 amide bonds. The Morgan fingerprint density at radius 2 is 2.12 bits per heavy atom. The van der Waals surface area contributed by atoms with Gasteiger partial charge in [0.15, 0.2) is 0 Å². The minimum Gasteiger partial charge on any atom is -0.372 e. The molecule has 0 aromatic carbocycles. The molecule has 3 heterocycles. The first-order valence-corrected chi connectivity index (χ1v) is 8.60. The highest BCUT2D eigenvalue weighted by Gasteiger charge is 2.58. The van der Waals surface area contributed by atoms with Gasteiger partial charge < -0.3 is 9.26 Å². The van der Waals surface area contributed by atoms with Crippen molar-refractivity contribution in [3.05, 3.63) is 53.8 Å². The van der Waals surface area contributed by atoms with Crippen molar-refractivity contribution in [3.63, 3.8) is 0 Å². The smallest absolute Gasteiger partial charge is 0.146 e. The summed E-state index contributed by atoms with van der Waals surface area (Å²) in [6.07, 6.45) is 9.55. The Balaban J connectivity index is 1.60. The van der Waals surface area contributed by atoms with E-state index >= 15 is 0 Å². The number of nitrogens with zero attached hydrogens (tertiary/aromatic N) is 4. The van der Waals surface area contributed by atoms with Crippen molar-refractivity contribution in [2.75, 3.05) is 7.11 Å². The van der Waals surface area contributed by atoms with Gasteiger partial charge in [0.05, 0.1) is 23.8 Å². The lowest BCUT2D eigenvalue weighted by atomic mass is 9.73. The van der Waals surface area contributed by atoms with Crippen molar-refractivity contribution < 1.29 is 9.26 Å². The first-order chi connectivity index (χ1) is 12.1. The number of aryl methyl sites for hydroxylation is 1. The van der Waals surface area contributed by atoms with E-state index in [1.54, 1.807) is 11.8 Å². The number of rotatable bonds is 3. The third kappa shape index (κ3) is 2.17. The summed E-state index contributed by atoms with van der Waals surface area (Å²) in [6.45, 7) is 0. The zero-order chi connectivity index (χ0) is 17.1. The number of ether oxygens (including phenoxy) is 1. The molecular formula is C19H20N4O2. The molecule has 3 aromatic rings. The highest BCUT2D eigenvalue weighted by molar-refractivity contribution is 5.57. The number of pyridine rings is 1. The van der Waals surface area contributed by atoms with E-state index in [0.29, 0.717) is 0 Å². The normalized spacial score (nSPS) is 23.6. The predicted molar refractivity (Wildman–Crippen MR) is 90.9 cm³/mol. The molecule has 1 unspecified atom stereocenters. The monoisotopic (exact) mass is 336 g/mol. The Labute approximate surface area is 145 Å². The molecule has 0 saturated heterocycles. The third-order valence-corrected chi connectivity index (χ3v) is 5.69. The van der Waals surface area contributed by atoms with Crippen LogP contribution in [0, 0.1) is 0 Å². The molecule has 1 saturated carbocycles. The molecule has 0 N–H and O–H groups in total. The fraction of sp³-hybridized carbons (Fsp3) is 0.421. The standard InChI is InChI=1S/C19H20N4O2/c1-23-11-14(9-20-23)15-4-3-5-16(22-15)19(24-2)8-13-10-21-25-17(13)18(12-19)6-7-18/h3-5,9-11H,6-8,12H2,1-2H3. The molecule has 6 heteroatoms. The molecule has 25 heavy (non-hydrogen) atoms. The summed E-state index contributed by atoms with van der Waals surface area (Å²) < 4.78 is 13.5. The number of fused-ring (bicyclic) bond motifs is 2. The molecule has 6 nitrogen and oxygen atoms in total. The minimum absolute atomic E-state index is 0.0755. The Morgan fingerprint density at radius 3 is 2.84 bits per heavy atom. The third-order valence-electron chi connectivity index (χ3n) is 5.69. The van der Waals surface area contributed by atoms with Gasteiger partial charge in [0.2, 0.25) is 0 Å². The van der Waals surface area contributed by atoms with Crippen molar-refractivity contribution in [2.24, 2.45) is 7.05 Å². The number of hydrogen-bond acceptors (Lipinski definition) is 5. The fourth-order valence-corrected chi connectivity index (χ4v) is 4.21. The molecule has 1 fully saturated rings. The molecule has 2 aliphatic carbocycles. The second kappa shape index (κ2) is 5.02. The van der Waals surface area contributed by atoms with E-state index in [2.05, 4.69) is 16.3 Å². The molecule has 0 aliphatic heterocycles. The first-order valence-electron chi connectivity index (χ1n) is 8.60. The van der Waals surface area contributed by atoms with Crippen LogP contribution in [0.15, 0.2) is 41.3 Å². The molecule has 0 radical (unpaired) electrons. The van der Waals surface area contributed by atoms with Crippen LogP contribution in [0.4, 0.5) is 0 Å². The van der Waals surface area contributed by atoms with E-state index in [1.807, 2.05) is 37.8 Å². The molecule has 3 aromatic heterocycles. The molecular weight excluding hydrogens is 316 g/mol. The van der Waals surface area contributed by atoms with Crippen LogP contribution in [0.2, 0.25) is 0 Å². The second-order valence-electron chi connectivity index (χ2n) is 7.32. The van der Waals surface area contributed by atoms with Crippen LogP contribution >= 0.6 is 0 Å². The molecule has 1 atom stereocenters. The number of aromatic nitrogens is 4. The maximum absolute atomic E-state index is 6.11. The van der Waals surface area contributed by atoms with Gasteiger partial charge in [-0.3, -0.25) is 4.68 Å². The van der Waals surface area contributed by atoms with Crippen molar-refractivity contribution in [1.82, 2.24) is 19.9 Å². The summed E-state index contributed by atoms with van der Waals surface area (Å²) in [5.74, 6) is 1.06. The van der Waals surface area contributed by atoms with E-state index in [-0.39, 0.29) is 5.41 Å². The van der Waals surface area contributed by atoms with Crippen LogP contribution in [-0.4, -0.2) is 27.0 Å².